The molecule has 0 atom stereocenters. The molecule has 2 rings (SSSR count). The van der Waals surface area contributed by atoms with Crippen molar-refractivity contribution in [2.45, 2.75) is 40.2 Å². The molecule has 0 fully saturated rings. The molecule has 2 amide bonds. The Bertz CT molecular complexity index is 726. The van der Waals surface area contributed by atoms with Crippen molar-refractivity contribution >= 4 is 17.5 Å². The summed E-state index contributed by atoms with van der Waals surface area (Å²) in [4.78, 5) is 26.0. The minimum atomic E-state index is -0.0539. The lowest BCUT2D eigenvalue weighted by molar-refractivity contribution is -0.121. The summed E-state index contributed by atoms with van der Waals surface area (Å²) in [6, 6.07) is 15.8. The van der Waals surface area contributed by atoms with Gasteiger partial charge in [-0.3, -0.25) is 9.59 Å². The summed E-state index contributed by atoms with van der Waals surface area (Å²) in [5.74, 6) is -0.0957. The molecule has 2 aromatic carbocycles. The van der Waals surface area contributed by atoms with Crippen LogP contribution in [0.4, 0.5) is 5.69 Å². The third kappa shape index (κ3) is 5.18. The van der Waals surface area contributed by atoms with Gasteiger partial charge >= 0.3 is 0 Å². The quantitative estimate of drug-likeness (QED) is 0.838. The van der Waals surface area contributed by atoms with Gasteiger partial charge in [0.2, 0.25) is 11.8 Å². The predicted octanol–water partition coefficient (Wildman–Crippen LogP) is 3.62. The molecule has 0 saturated heterocycles. The number of aryl methyl sites for hydroxylation is 2. The number of anilines is 1. The number of benzene rings is 2. The number of hydrogen-bond donors (Lipinski definition) is 1. The molecule has 0 aliphatic rings. The average Bonchev–Trinajstić information content (AvgIpc) is 2.61. The van der Waals surface area contributed by atoms with Crippen LogP contribution in [0.5, 0.6) is 0 Å². The van der Waals surface area contributed by atoms with Gasteiger partial charge in [0.15, 0.2) is 0 Å². The van der Waals surface area contributed by atoms with Crippen LogP contribution < -0.4 is 10.2 Å². The summed E-state index contributed by atoms with van der Waals surface area (Å²) in [7, 11) is 0. The van der Waals surface area contributed by atoms with E-state index in [2.05, 4.69) is 12.2 Å². The van der Waals surface area contributed by atoms with Crippen molar-refractivity contribution < 1.29 is 9.59 Å². The lowest BCUT2D eigenvalue weighted by atomic mass is 10.0. The smallest absolute Gasteiger partial charge is 0.223 e. The molecular weight excluding hydrogens is 312 g/mol. The molecule has 1 N–H and O–H groups in total. The average molecular weight is 338 g/mol. The fourth-order valence-corrected chi connectivity index (χ4v) is 2.92. The van der Waals surface area contributed by atoms with Gasteiger partial charge in [0, 0.05) is 32.1 Å². The highest BCUT2D eigenvalue weighted by atomic mass is 16.2. The number of nitrogens with zero attached hydrogens (tertiary/aromatic N) is 1. The zero-order chi connectivity index (χ0) is 18.2. The molecule has 4 nitrogen and oxygen atoms in total. The Morgan fingerprint density at radius 3 is 2.40 bits per heavy atom. The molecule has 0 aromatic heterocycles. The molecule has 0 radical (unpaired) electrons. The van der Waals surface area contributed by atoms with Gasteiger partial charge in [-0.25, -0.2) is 0 Å². The molecule has 25 heavy (non-hydrogen) atoms. The number of nitrogens with one attached hydrogen (secondary N) is 1. The van der Waals surface area contributed by atoms with Gasteiger partial charge < -0.3 is 10.2 Å². The van der Waals surface area contributed by atoms with Gasteiger partial charge in [-0.2, -0.15) is 0 Å². The maximum Gasteiger partial charge on any atom is 0.223 e. The number of amides is 2. The Labute approximate surface area is 149 Å². The predicted molar refractivity (Wildman–Crippen MR) is 101 cm³/mol. The van der Waals surface area contributed by atoms with Crippen molar-refractivity contribution in [1.29, 1.82) is 0 Å². The molecule has 0 spiro atoms. The van der Waals surface area contributed by atoms with E-state index in [9.17, 15) is 9.59 Å². The summed E-state index contributed by atoms with van der Waals surface area (Å²) in [6.07, 6.45) is 1.13. The third-order valence-corrected chi connectivity index (χ3v) is 4.25. The molecule has 0 aliphatic heterocycles. The lowest BCUT2D eigenvalue weighted by Crippen LogP contribution is -2.34. The SMILES string of the molecule is CCc1cccc(C)c1N(CCC(=O)NCc1ccccc1)C(C)=O. The van der Waals surface area contributed by atoms with Gasteiger partial charge in [-0.1, -0.05) is 55.5 Å². The van der Waals surface area contributed by atoms with E-state index in [4.69, 9.17) is 0 Å². The molecule has 0 heterocycles. The first-order valence-corrected chi connectivity index (χ1v) is 8.70. The first kappa shape index (κ1) is 18.7. The molecule has 2 aromatic rings. The van der Waals surface area contributed by atoms with Crippen LogP contribution >= 0.6 is 0 Å². The summed E-state index contributed by atoms with van der Waals surface area (Å²) in [5, 5.41) is 2.91. The Hall–Kier alpha value is -2.62. The largest absolute Gasteiger partial charge is 0.352 e. The third-order valence-electron chi connectivity index (χ3n) is 4.25. The van der Waals surface area contributed by atoms with Crippen LogP contribution in [0.3, 0.4) is 0 Å². The van der Waals surface area contributed by atoms with Crippen LogP contribution in [-0.2, 0) is 22.6 Å². The van der Waals surface area contributed by atoms with Crippen molar-refractivity contribution in [2.75, 3.05) is 11.4 Å². The maximum absolute atomic E-state index is 12.2. The second-order valence-corrected chi connectivity index (χ2v) is 6.12. The van der Waals surface area contributed by atoms with Crippen molar-refractivity contribution in [3.8, 4) is 0 Å². The summed E-state index contributed by atoms with van der Waals surface area (Å²) < 4.78 is 0. The van der Waals surface area contributed by atoms with Gasteiger partial charge in [0.1, 0.15) is 0 Å². The first-order valence-electron chi connectivity index (χ1n) is 8.70. The molecule has 0 unspecified atom stereocenters. The zero-order valence-corrected chi connectivity index (χ0v) is 15.2. The second kappa shape index (κ2) is 9.02. The van der Waals surface area contributed by atoms with E-state index >= 15 is 0 Å². The summed E-state index contributed by atoms with van der Waals surface area (Å²) in [5.41, 5.74) is 4.18. The standard InChI is InChI=1S/C21H26N2O2/c1-4-19-12-8-9-16(2)21(19)23(17(3)24)14-13-20(25)22-15-18-10-6-5-7-11-18/h5-12H,4,13-15H2,1-3H3,(H,22,25). The highest BCUT2D eigenvalue weighted by molar-refractivity contribution is 5.94. The van der Waals surface area contributed by atoms with E-state index in [-0.39, 0.29) is 18.2 Å². The van der Waals surface area contributed by atoms with Gasteiger partial charge in [0.05, 0.1) is 0 Å². The molecule has 0 saturated carbocycles. The number of para-hydroxylation sites is 1. The molecule has 4 heteroatoms. The van der Waals surface area contributed by atoms with E-state index in [0.29, 0.717) is 13.1 Å². The lowest BCUT2D eigenvalue weighted by Gasteiger charge is -2.25. The van der Waals surface area contributed by atoms with Crippen LogP contribution in [0.25, 0.3) is 0 Å². The number of carbonyl (C=O) groups is 2. The van der Waals surface area contributed by atoms with Crippen LogP contribution in [0.1, 0.15) is 37.0 Å². The minimum Gasteiger partial charge on any atom is -0.352 e. The van der Waals surface area contributed by atoms with E-state index in [1.165, 1.54) is 0 Å². The van der Waals surface area contributed by atoms with Crippen molar-refractivity contribution in [3.63, 3.8) is 0 Å². The fraction of sp³-hybridized carbons (Fsp3) is 0.333. The zero-order valence-electron chi connectivity index (χ0n) is 15.2. The molecule has 0 bridgehead atoms. The Morgan fingerprint density at radius 1 is 1.04 bits per heavy atom. The normalized spacial score (nSPS) is 10.4. The highest BCUT2D eigenvalue weighted by Crippen LogP contribution is 2.26. The van der Waals surface area contributed by atoms with E-state index in [1.54, 1.807) is 11.8 Å². The second-order valence-electron chi connectivity index (χ2n) is 6.12. The molecular formula is C21H26N2O2. The molecule has 132 valence electrons. The van der Waals surface area contributed by atoms with Gasteiger partial charge in [0.25, 0.3) is 0 Å². The Kier molecular flexibility index (Phi) is 6.75. The fourth-order valence-electron chi connectivity index (χ4n) is 2.92. The summed E-state index contributed by atoms with van der Waals surface area (Å²) >= 11 is 0. The number of rotatable bonds is 7. The van der Waals surface area contributed by atoms with Crippen molar-refractivity contribution in [3.05, 3.63) is 65.2 Å². The number of hydrogen-bond acceptors (Lipinski definition) is 2. The van der Waals surface area contributed by atoms with Crippen LogP contribution in [0.15, 0.2) is 48.5 Å². The summed E-state index contributed by atoms with van der Waals surface area (Å²) in [6.45, 7) is 6.51. The minimum absolute atomic E-state index is 0.0418. The highest BCUT2D eigenvalue weighted by Gasteiger charge is 2.18. The van der Waals surface area contributed by atoms with Gasteiger partial charge in [-0.15, -0.1) is 0 Å². The monoisotopic (exact) mass is 338 g/mol. The molecule has 0 aliphatic carbocycles. The van der Waals surface area contributed by atoms with E-state index in [1.807, 2.05) is 55.5 Å². The topological polar surface area (TPSA) is 49.4 Å². The number of carbonyl (C=O) groups excluding carboxylic acids is 2. The maximum atomic E-state index is 12.2. The van der Waals surface area contributed by atoms with Crippen molar-refractivity contribution in [1.82, 2.24) is 5.32 Å². The van der Waals surface area contributed by atoms with Crippen LogP contribution in [0, 0.1) is 6.92 Å². The van der Waals surface area contributed by atoms with Gasteiger partial charge in [-0.05, 0) is 30.0 Å². The van der Waals surface area contributed by atoms with E-state index < -0.39 is 0 Å². The van der Waals surface area contributed by atoms with E-state index in [0.717, 1.165) is 28.8 Å². The van der Waals surface area contributed by atoms with Crippen molar-refractivity contribution in [2.24, 2.45) is 0 Å². The van der Waals surface area contributed by atoms with Crippen LogP contribution in [0.2, 0.25) is 0 Å². The van der Waals surface area contributed by atoms with Crippen LogP contribution in [-0.4, -0.2) is 18.4 Å². The first-order chi connectivity index (χ1) is 12.0. The Morgan fingerprint density at radius 2 is 1.76 bits per heavy atom. The Balaban J connectivity index is 2.01.